The third kappa shape index (κ3) is 6.09. The van der Waals surface area contributed by atoms with Gasteiger partial charge in [-0.1, -0.05) is 52.8 Å². The Bertz CT molecular complexity index is 395. The fourth-order valence-electron chi connectivity index (χ4n) is 2.79. The van der Waals surface area contributed by atoms with E-state index in [0.29, 0.717) is 5.41 Å². The molecule has 1 nitrogen and oxygen atoms in total. The average Bonchev–Trinajstić information content (AvgIpc) is 2.32. The highest BCUT2D eigenvalue weighted by Crippen LogP contribution is 2.23. The van der Waals surface area contributed by atoms with Gasteiger partial charge < -0.3 is 0 Å². The quantitative estimate of drug-likeness (QED) is 0.660. The first-order chi connectivity index (χ1) is 9.35. The van der Waals surface area contributed by atoms with E-state index < -0.39 is 0 Å². The molecule has 0 N–H and O–H groups in total. The molecule has 0 atom stereocenters. The molecule has 0 aliphatic carbocycles. The van der Waals surface area contributed by atoms with Gasteiger partial charge in [0, 0.05) is 6.54 Å². The summed E-state index contributed by atoms with van der Waals surface area (Å²) >= 11 is 0. The lowest BCUT2D eigenvalue weighted by molar-refractivity contribution is 0.266. The summed E-state index contributed by atoms with van der Waals surface area (Å²) in [4.78, 5) is 2.57. The van der Waals surface area contributed by atoms with Gasteiger partial charge in [-0.05, 0) is 61.4 Å². The summed E-state index contributed by atoms with van der Waals surface area (Å²) in [6, 6.07) is 7.05. The summed E-state index contributed by atoms with van der Waals surface area (Å²) in [6.07, 6.45) is 3.63. The van der Waals surface area contributed by atoms with Crippen molar-refractivity contribution in [3.63, 3.8) is 0 Å². The minimum atomic E-state index is 0.364. The Hall–Kier alpha value is -0.820. The van der Waals surface area contributed by atoms with E-state index in [1.54, 1.807) is 0 Å². The molecular formula is C19H33N. The first kappa shape index (κ1) is 17.2. The molecule has 114 valence electrons. The van der Waals surface area contributed by atoms with Crippen molar-refractivity contribution in [2.24, 2.45) is 5.41 Å². The third-order valence-corrected chi connectivity index (χ3v) is 3.61. The minimum absolute atomic E-state index is 0.364. The topological polar surface area (TPSA) is 3.24 Å². The van der Waals surface area contributed by atoms with Crippen molar-refractivity contribution in [2.75, 3.05) is 13.1 Å². The molecule has 0 spiro atoms. The Balaban J connectivity index is 2.75. The smallest absolute Gasteiger partial charge is 0.0233 e. The van der Waals surface area contributed by atoms with Gasteiger partial charge >= 0.3 is 0 Å². The van der Waals surface area contributed by atoms with Crippen molar-refractivity contribution in [2.45, 2.75) is 67.3 Å². The lowest BCUT2D eigenvalue weighted by Crippen LogP contribution is -2.25. The molecule has 1 aromatic rings. The molecule has 0 aliphatic heterocycles. The largest absolute Gasteiger partial charge is 0.299 e. The molecule has 0 aromatic heterocycles. The Morgan fingerprint density at radius 2 is 1.60 bits per heavy atom. The van der Waals surface area contributed by atoms with Crippen molar-refractivity contribution >= 4 is 0 Å². The number of benzene rings is 1. The highest BCUT2D eigenvalue weighted by Gasteiger charge is 2.13. The Kier molecular flexibility index (Phi) is 6.75. The van der Waals surface area contributed by atoms with Crippen LogP contribution in [0, 0.1) is 12.3 Å². The number of hydrogen-bond acceptors (Lipinski definition) is 1. The lowest BCUT2D eigenvalue weighted by Gasteiger charge is -2.23. The summed E-state index contributed by atoms with van der Waals surface area (Å²) < 4.78 is 0. The molecule has 0 unspecified atom stereocenters. The van der Waals surface area contributed by atoms with E-state index >= 15 is 0 Å². The van der Waals surface area contributed by atoms with Crippen molar-refractivity contribution in [3.05, 3.63) is 34.9 Å². The van der Waals surface area contributed by atoms with E-state index in [1.807, 2.05) is 0 Å². The zero-order valence-electron chi connectivity index (χ0n) is 14.4. The average molecular weight is 275 g/mol. The SMILES string of the molecule is CCCN(CCC)Cc1ccc(CC(C)(C)C)c(C)c1. The van der Waals surface area contributed by atoms with Gasteiger partial charge in [0.1, 0.15) is 0 Å². The first-order valence-corrected chi connectivity index (χ1v) is 8.16. The number of hydrogen-bond donors (Lipinski definition) is 0. The molecule has 0 fully saturated rings. The maximum absolute atomic E-state index is 2.57. The maximum Gasteiger partial charge on any atom is 0.0233 e. The van der Waals surface area contributed by atoms with Crippen LogP contribution in [0.3, 0.4) is 0 Å². The highest BCUT2D eigenvalue weighted by atomic mass is 15.1. The maximum atomic E-state index is 2.57. The van der Waals surface area contributed by atoms with E-state index in [9.17, 15) is 0 Å². The zero-order valence-corrected chi connectivity index (χ0v) is 14.4. The van der Waals surface area contributed by atoms with Crippen LogP contribution in [0.5, 0.6) is 0 Å². The van der Waals surface area contributed by atoms with E-state index in [4.69, 9.17) is 0 Å². The predicted molar refractivity (Wildman–Crippen MR) is 90.2 cm³/mol. The second-order valence-electron chi connectivity index (χ2n) is 7.27. The van der Waals surface area contributed by atoms with Crippen LogP contribution < -0.4 is 0 Å². The molecule has 1 aromatic carbocycles. The number of aryl methyl sites for hydroxylation is 1. The van der Waals surface area contributed by atoms with Gasteiger partial charge in [0.25, 0.3) is 0 Å². The van der Waals surface area contributed by atoms with Crippen LogP contribution in [-0.4, -0.2) is 18.0 Å². The number of rotatable bonds is 7. The molecule has 20 heavy (non-hydrogen) atoms. The minimum Gasteiger partial charge on any atom is -0.299 e. The monoisotopic (exact) mass is 275 g/mol. The van der Waals surface area contributed by atoms with E-state index in [0.717, 1.165) is 13.0 Å². The van der Waals surface area contributed by atoms with Gasteiger partial charge in [0.05, 0.1) is 0 Å². The Morgan fingerprint density at radius 3 is 2.05 bits per heavy atom. The van der Waals surface area contributed by atoms with Crippen molar-refractivity contribution in [1.29, 1.82) is 0 Å². The molecule has 0 radical (unpaired) electrons. The Morgan fingerprint density at radius 1 is 1.00 bits per heavy atom. The Labute approximate surface area is 126 Å². The van der Waals surface area contributed by atoms with Crippen LogP contribution in [0.4, 0.5) is 0 Å². The third-order valence-electron chi connectivity index (χ3n) is 3.61. The van der Waals surface area contributed by atoms with Gasteiger partial charge in [0.2, 0.25) is 0 Å². The van der Waals surface area contributed by atoms with Gasteiger partial charge in [-0.3, -0.25) is 4.90 Å². The summed E-state index contributed by atoms with van der Waals surface area (Å²) in [5.74, 6) is 0. The molecule has 1 rings (SSSR count). The summed E-state index contributed by atoms with van der Waals surface area (Å²) in [5.41, 5.74) is 4.77. The molecule has 1 heteroatoms. The molecule has 0 saturated carbocycles. The van der Waals surface area contributed by atoms with Crippen LogP contribution in [-0.2, 0) is 13.0 Å². The van der Waals surface area contributed by atoms with Crippen LogP contribution in [0.15, 0.2) is 18.2 Å². The van der Waals surface area contributed by atoms with Crippen molar-refractivity contribution in [3.8, 4) is 0 Å². The molecule has 0 heterocycles. The predicted octanol–water partition coefficient (Wildman–Crippen LogP) is 5.21. The fraction of sp³-hybridized carbons (Fsp3) is 0.684. The molecule has 0 saturated heterocycles. The lowest BCUT2D eigenvalue weighted by atomic mass is 9.86. The normalized spacial score (nSPS) is 12.2. The van der Waals surface area contributed by atoms with E-state index in [2.05, 4.69) is 64.6 Å². The van der Waals surface area contributed by atoms with Gasteiger partial charge in [-0.25, -0.2) is 0 Å². The zero-order chi connectivity index (χ0) is 15.2. The van der Waals surface area contributed by atoms with Crippen molar-refractivity contribution in [1.82, 2.24) is 4.90 Å². The van der Waals surface area contributed by atoms with Crippen LogP contribution in [0.2, 0.25) is 0 Å². The molecule has 0 aliphatic rings. The highest BCUT2D eigenvalue weighted by molar-refractivity contribution is 5.31. The standard InChI is InChI=1S/C19H33N/c1-7-11-20(12-8-2)15-17-9-10-18(16(3)13-17)14-19(4,5)6/h9-10,13H,7-8,11-12,14-15H2,1-6H3. The summed E-state index contributed by atoms with van der Waals surface area (Å²) in [6.45, 7) is 17.2. The summed E-state index contributed by atoms with van der Waals surface area (Å²) in [7, 11) is 0. The van der Waals surface area contributed by atoms with Gasteiger partial charge in [0.15, 0.2) is 0 Å². The van der Waals surface area contributed by atoms with Gasteiger partial charge in [-0.15, -0.1) is 0 Å². The molecule has 0 amide bonds. The molecule has 0 bridgehead atoms. The van der Waals surface area contributed by atoms with E-state index in [-0.39, 0.29) is 0 Å². The summed E-state index contributed by atoms with van der Waals surface area (Å²) in [5, 5.41) is 0. The van der Waals surface area contributed by atoms with Gasteiger partial charge in [-0.2, -0.15) is 0 Å². The fourth-order valence-corrected chi connectivity index (χ4v) is 2.79. The van der Waals surface area contributed by atoms with Crippen molar-refractivity contribution < 1.29 is 0 Å². The van der Waals surface area contributed by atoms with Crippen LogP contribution in [0.25, 0.3) is 0 Å². The van der Waals surface area contributed by atoms with E-state index in [1.165, 1.54) is 42.6 Å². The molecular weight excluding hydrogens is 242 g/mol. The second kappa shape index (κ2) is 7.83. The second-order valence-corrected chi connectivity index (χ2v) is 7.27. The van der Waals surface area contributed by atoms with Crippen LogP contribution >= 0.6 is 0 Å². The van der Waals surface area contributed by atoms with Crippen LogP contribution in [0.1, 0.15) is 64.2 Å². The first-order valence-electron chi connectivity index (χ1n) is 8.16. The number of nitrogens with zero attached hydrogens (tertiary/aromatic N) is 1.